The van der Waals surface area contributed by atoms with Crippen molar-refractivity contribution in [3.8, 4) is 5.75 Å². The lowest BCUT2D eigenvalue weighted by Gasteiger charge is -2.13. The molecule has 28 heavy (non-hydrogen) atoms. The van der Waals surface area contributed by atoms with Crippen molar-refractivity contribution in [2.24, 2.45) is 10.9 Å². The number of aryl methyl sites for hydroxylation is 1. The Balaban J connectivity index is 1.62. The Kier molecular flexibility index (Phi) is 6.95. The van der Waals surface area contributed by atoms with Crippen LogP contribution >= 0.6 is 0 Å². The molecule has 0 amide bonds. The van der Waals surface area contributed by atoms with Crippen molar-refractivity contribution in [1.82, 2.24) is 15.8 Å². The lowest BCUT2D eigenvalue weighted by atomic mass is 10.1. The first-order chi connectivity index (χ1) is 13.5. The maximum absolute atomic E-state index is 6.06. The van der Waals surface area contributed by atoms with Crippen molar-refractivity contribution in [1.29, 1.82) is 0 Å². The highest BCUT2D eigenvalue weighted by atomic mass is 16.5. The summed E-state index contributed by atoms with van der Waals surface area (Å²) in [6, 6.07) is 8.31. The molecule has 1 aliphatic carbocycles. The van der Waals surface area contributed by atoms with Gasteiger partial charge in [-0.3, -0.25) is 0 Å². The summed E-state index contributed by atoms with van der Waals surface area (Å²) in [5, 5.41) is 10.7. The highest BCUT2D eigenvalue weighted by Gasteiger charge is 2.22. The lowest BCUT2D eigenvalue weighted by molar-refractivity contribution is 0.296. The maximum Gasteiger partial charge on any atom is 0.191 e. The van der Waals surface area contributed by atoms with Gasteiger partial charge < -0.3 is 19.9 Å². The summed E-state index contributed by atoms with van der Waals surface area (Å²) in [5.74, 6) is 3.59. The number of benzene rings is 1. The number of rotatable bonds is 9. The number of nitrogens with zero attached hydrogens (tertiary/aromatic N) is 2. The summed E-state index contributed by atoms with van der Waals surface area (Å²) < 4.78 is 11.4. The monoisotopic (exact) mass is 384 g/mol. The number of hydrogen-bond donors (Lipinski definition) is 2. The minimum Gasteiger partial charge on any atom is -0.493 e. The number of hydrogen-bond acceptors (Lipinski definition) is 4. The van der Waals surface area contributed by atoms with Crippen LogP contribution in [-0.2, 0) is 13.1 Å². The average Bonchev–Trinajstić information content (AvgIpc) is 3.38. The number of ether oxygens (including phenoxy) is 1. The Bertz CT molecular complexity index is 794. The Morgan fingerprint density at radius 2 is 2.11 bits per heavy atom. The van der Waals surface area contributed by atoms with E-state index in [1.807, 2.05) is 6.07 Å². The molecule has 1 heterocycles. The van der Waals surface area contributed by atoms with Gasteiger partial charge in [-0.15, -0.1) is 0 Å². The first-order valence-corrected chi connectivity index (χ1v) is 10.2. The molecule has 0 saturated heterocycles. The quantitative estimate of drug-likeness (QED) is 0.502. The van der Waals surface area contributed by atoms with E-state index >= 15 is 0 Å². The van der Waals surface area contributed by atoms with Crippen LogP contribution in [-0.4, -0.2) is 24.3 Å². The third kappa shape index (κ3) is 6.01. The van der Waals surface area contributed by atoms with Crippen LogP contribution in [0.4, 0.5) is 0 Å². The maximum atomic E-state index is 6.06. The molecule has 1 aliphatic rings. The Morgan fingerprint density at radius 3 is 2.79 bits per heavy atom. The molecule has 2 N–H and O–H groups in total. The van der Waals surface area contributed by atoms with Crippen LogP contribution < -0.4 is 15.4 Å². The van der Waals surface area contributed by atoms with Gasteiger partial charge in [0, 0.05) is 18.2 Å². The molecule has 0 unspecified atom stereocenters. The molecule has 3 rings (SSSR count). The fraction of sp³-hybridized carbons (Fsp3) is 0.545. The summed E-state index contributed by atoms with van der Waals surface area (Å²) in [4.78, 5) is 4.73. The topological polar surface area (TPSA) is 71.7 Å². The molecule has 6 heteroatoms. The first-order valence-electron chi connectivity index (χ1n) is 10.2. The standard InChI is InChI=1S/C22H32N4O2/c1-5-23-22(25-13-19-11-20(15(2)3)26-28-19)24-12-18-9-6-16(4)10-21(18)27-14-17-7-8-17/h6,9-11,15,17H,5,7-8,12-14H2,1-4H3,(H2,23,24,25). The van der Waals surface area contributed by atoms with E-state index in [4.69, 9.17) is 14.3 Å². The summed E-state index contributed by atoms with van der Waals surface area (Å²) in [6.45, 7) is 11.1. The van der Waals surface area contributed by atoms with Crippen LogP contribution in [0.1, 0.15) is 62.1 Å². The molecule has 1 saturated carbocycles. The van der Waals surface area contributed by atoms with Crippen molar-refractivity contribution >= 4 is 5.96 Å². The van der Waals surface area contributed by atoms with Gasteiger partial charge in [0.05, 0.1) is 25.4 Å². The van der Waals surface area contributed by atoms with E-state index in [2.05, 4.69) is 61.7 Å². The van der Waals surface area contributed by atoms with Crippen molar-refractivity contribution in [2.75, 3.05) is 13.2 Å². The van der Waals surface area contributed by atoms with Crippen molar-refractivity contribution in [3.63, 3.8) is 0 Å². The largest absolute Gasteiger partial charge is 0.493 e. The molecule has 2 aromatic rings. The van der Waals surface area contributed by atoms with E-state index in [1.54, 1.807) is 0 Å². The summed E-state index contributed by atoms with van der Waals surface area (Å²) in [5.41, 5.74) is 3.27. The second kappa shape index (κ2) is 9.62. The van der Waals surface area contributed by atoms with Gasteiger partial charge in [0.15, 0.2) is 11.7 Å². The molecule has 0 atom stereocenters. The molecule has 0 radical (unpaired) electrons. The third-order valence-electron chi connectivity index (χ3n) is 4.74. The Morgan fingerprint density at radius 1 is 1.29 bits per heavy atom. The van der Waals surface area contributed by atoms with Gasteiger partial charge >= 0.3 is 0 Å². The zero-order chi connectivity index (χ0) is 19.9. The van der Waals surface area contributed by atoms with E-state index < -0.39 is 0 Å². The van der Waals surface area contributed by atoms with Crippen LogP contribution in [0.15, 0.2) is 33.8 Å². The second-order valence-corrected chi connectivity index (χ2v) is 7.79. The fourth-order valence-electron chi connectivity index (χ4n) is 2.78. The molecule has 1 aromatic carbocycles. The van der Waals surface area contributed by atoms with E-state index in [0.717, 1.165) is 47.8 Å². The molecular weight excluding hydrogens is 352 g/mol. The molecule has 0 bridgehead atoms. The van der Waals surface area contributed by atoms with Crippen LogP contribution in [0.5, 0.6) is 5.75 Å². The predicted octanol–water partition coefficient (Wildman–Crippen LogP) is 4.15. The van der Waals surface area contributed by atoms with Gasteiger partial charge in [-0.1, -0.05) is 31.1 Å². The molecule has 152 valence electrons. The SMILES string of the molecule is CCNC(=NCc1ccc(C)cc1OCC1CC1)NCc1cc(C(C)C)no1. The minimum absolute atomic E-state index is 0.356. The van der Waals surface area contributed by atoms with E-state index in [9.17, 15) is 0 Å². The normalized spacial score (nSPS) is 14.4. The minimum atomic E-state index is 0.356. The number of guanidine groups is 1. The first kappa shape index (κ1) is 20.2. The fourth-order valence-corrected chi connectivity index (χ4v) is 2.78. The number of nitrogens with one attached hydrogen (secondary N) is 2. The van der Waals surface area contributed by atoms with Crippen molar-refractivity contribution in [3.05, 3.63) is 46.8 Å². The highest BCUT2D eigenvalue weighted by Crippen LogP contribution is 2.31. The van der Waals surface area contributed by atoms with Crippen molar-refractivity contribution < 1.29 is 9.26 Å². The van der Waals surface area contributed by atoms with Gasteiger partial charge in [0.2, 0.25) is 0 Å². The van der Waals surface area contributed by atoms with Gasteiger partial charge in [-0.2, -0.15) is 0 Å². The zero-order valence-corrected chi connectivity index (χ0v) is 17.4. The van der Waals surface area contributed by atoms with E-state index in [-0.39, 0.29) is 0 Å². The molecule has 1 aromatic heterocycles. The van der Waals surface area contributed by atoms with Crippen LogP contribution in [0.25, 0.3) is 0 Å². The molecular formula is C22H32N4O2. The lowest BCUT2D eigenvalue weighted by Crippen LogP contribution is -2.36. The third-order valence-corrected chi connectivity index (χ3v) is 4.74. The van der Waals surface area contributed by atoms with E-state index in [1.165, 1.54) is 18.4 Å². The zero-order valence-electron chi connectivity index (χ0n) is 17.4. The summed E-state index contributed by atoms with van der Waals surface area (Å²) >= 11 is 0. The van der Waals surface area contributed by atoms with Gasteiger partial charge in [0.1, 0.15) is 5.75 Å². The summed E-state index contributed by atoms with van der Waals surface area (Å²) in [7, 11) is 0. The average molecular weight is 385 g/mol. The number of aliphatic imine (C=N–C) groups is 1. The van der Waals surface area contributed by atoms with Gasteiger partial charge in [-0.05, 0) is 50.2 Å². The number of aromatic nitrogens is 1. The van der Waals surface area contributed by atoms with Gasteiger partial charge in [-0.25, -0.2) is 4.99 Å². The Hall–Kier alpha value is -2.50. The smallest absolute Gasteiger partial charge is 0.191 e. The van der Waals surface area contributed by atoms with Gasteiger partial charge in [0.25, 0.3) is 0 Å². The van der Waals surface area contributed by atoms with Crippen LogP contribution in [0, 0.1) is 12.8 Å². The molecule has 0 aliphatic heterocycles. The molecule has 1 fully saturated rings. The van der Waals surface area contributed by atoms with Crippen LogP contribution in [0.3, 0.4) is 0 Å². The van der Waals surface area contributed by atoms with E-state index in [0.29, 0.717) is 19.0 Å². The van der Waals surface area contributed by atoms with Crippen molar-refractivity contribution in [2.45, 2.75) is 59.5 Å². The Labute approximate surface area is 167 Å². The predicted molar refractivity (Wildman–Crippen MR) is 112 cm³/mol. The molecule has 0 spiro atoms. The van der Waals surface area contributed by atoms with Crippen LogP contribution in [0.2, 0.25) is 0 Å². The highest BCUT2D eigenvalue weighted by molar-refractivity contribution is 5.79. The summed E-state index contributed by atoms with van der Waals surface area (Å²) in [6.07, 6.45) is 2.57. The second-order valence-electron chi connectivity index (χ2n) is 7.79. The molecule has 6 nitrogen and oxygen atoms in total.